The Morgan fingerprint density at radius 1 is 0.700 bits per heavy atom. The van der Waals surface area contributed by atoms with Gasteiger partial charge in [-0.15, -0.1) is 0 Å². The van der Waals surface area contributed by atoms with Gasteiger partial charge in [0.15, 0.2) is 0 Å². The van der Waals surface area contributed by atoms with E-state index in [2.05, 4.69) is 36.5 Å². The molecule has 0 unspecified atom stereocenters. The van der Waals surface area contributed by atoms with E-state index in [1.165, 1.54) is 11.1 Å². The van der Waals surface area contributed by atoms with Crippen molar-refractivity contribution in [3.63, 3.8) is 0 Å². The quantitative estimate of drug-likeness (QED) is 0.536. The van der Waals surface area contributed by atoms with Crippen molar-refractivity contribution >= 4 is 0 Å². The van der Waals surface area contributed by atoms with Crippen molar-refractivity contribution in [2.24, 2.45) is 0 Å². The van der Waals surface area contributed by atoms with Crippen molar-refractivity contribution < 1.29 is 0 Å². The van der Waals surface area contributed by atoms with Gasteiger partial charge in [-0.05, 0) is 11.1 Å². The largest absolute Gasteiger partial charge is 0.344 e. The highest BCUT2D eigenvalue weighted by atomic mass is 14.1. The zero-order valence-corrected chi connectivity index (χ0v) is 5.88. The molecular formula is C8H12N2. The molecule has 2 rings (SSSR count). The van der Waals surface area contributed by atoms with Crippen LogP contribution in [0.3, 0.4) is 0 Å². The molecule has 2 heteroatoms. The van der Waals surface area contributed by atoms with Gasteiger partial charge >= 0.3 is 0 Å². The third-order valence-corrected chi connectivity index (χ3v) is 1.44. The van der Waals surface area contributed by atoms with E-state index in [1.807, 2.05) is 0 Å². The van der Waals surface area contributed by atoms with Gasteiger partial charge in [0.05, 0.1) is 0 Å². The molecule has 0 fully saturated rings. The number of fused-ring (bicyclic) bond motifs is 1. The summed E-state index contributed by atoms with van der Waals surface area (Å²) in [5.74, 6) is 0. The topological polar surface area (TPSA) is 70.0 Å². The molecule has 0 radical (unpaired) electrons. The Morgan fingerprint density at radius 2 is 1.10 bits per heavy atom. The Balaban J connectivity index is 0.000000405. The second-order valence-corrected chi connectivity index (χ2v) is 1.96. The molecule has 54 valence electrons. The number of rotatable bonds is 0. The summed E-state index contributed by atoms with van der Waals surface area (Å²) in [7, 11) is 0. The molecule has 0 aromatic carbocycles. The van der Waals surface area contributed by atoms with Crippen molar-refractivity contribution in [3.8, 4) is 0 Å². The fourth-order valence-electron chi connectivity index (χ4n) is 1.01. The minimum absolute atomic E-state index is 0. The molecule has 0 spiro atoms. The molecule has 0 saturated heterocycles. The van der Waals surface area contributed by atoms with Crippen molar-refractivity contribution in [1.82, 2.24) is 12.3 Å². The van der Waals surface area contributed by atoms with Crippen LogP contribution in [0, 0.1) is 0 Å². The summed E-state index contributed by atoms with van der Waals surface area (Å²) in [6, 6.07) is 0. The van der Waals surface area contributed by atoms with Crippen molar-refractivity contribution in [1.29, 1.82) is 0 Å². The van der Waals surface area contributed by atoms with E-state index in [-0.39, 0.29) is 12.3 Å². The molecule has 0 bridgehead atoms. The number of hydrogen-bond donors (Lipinski definition) is 2. The molecule has 6 N–H and O–H groups in total. The van der Waals surface area contributed by atoms with Crippen LogP contribution in [0.15, 0.2) is 47.6 Å². The number of allylic oxidation sites excluding steroid dienone is 8. The molecule has 0 aromatic rings. The lowest BCUT2D eigenvalue weighted by atomic mass is 10.2. The molecule has 2 aliphatic carbocycles. The van der Waals surface area contributed by atoms with Crippen molar-refractivity contribution in [3.05, 3.63) is 47.6 Å². The smallest absolute Gasteiger partial charge is 0.0184 e. The first-order chi connectivity index (χ1) is 3.97. The zero-order valence-electron chi connectivity index (χ0n) is 5.88. The SMILES string of the molecule is C1=CC2=CC=CC2=C1.N.N. The zero-order chi connectivity index (χ0) is 5.40. The summed E-state index contributed by atoms with van der Waals surface area (Å²) in [5.41, 5.74) is 2.70. The molecule has 0 atom stereocenters. The molecule has 0 aliphatic heterocycles. The van der Waals surface area contributed by atoms with Gasteiger partial charge in [-0.2, -0.15) is 0 Å². The van der Waals surface area contributed by atoms with Crippen LogP contribution in [0.2, 0.25) is 0 Å². The van der Waals surface area contributed by atoms with Gasteiger partial charge in [0.1, 0.15) is 0 Å². The molecule has 0 saturated carbocycles. The van der Waals surface area contributed by atoms with Crippen LogP contribution in [0.25, 0.3) is 0 Å². The maximum absolute atomic E-state index is 2.12. The first-order valence-electron chi connectivity index (χ1n) is 2.74. The van der Waals surface area contributed by atoms with Crippen LogP contribution in [-0.2, 0) is 0 Å². The molecule has 2 aliphatic rings. The Kier molecular flexibility index (Phi) is 2.80. The minimum Gasteiger partial charge on any atom is -0.344 e. The number of hydrogen-bond acceptors (Lipinski definition) is 2. The van der Waals surface area contributed by atoms with E-state index in [9.17, 15) is 0 Å². The van der Waals surface area contributed by atoms with Crippen molar-refractivity contribution in [2.75, 3.05) is 0 Å². The third-order valence-electron chi connectivity index (χ3n) is 1.44. The van der Waals surface area contributed by atoms with E-state index in [4.69, 9.17) is 0 Å². The lowest BCUT2D eigenvalue weighted by molar-refractivity contribution is 1.69. The van der Waals surface area contributed by atoms with Crippen LogP contribution >= 0.6 is 0 Å². The van der Waals surface area contributed by atoms with Gasteiger partial charge < -0.3 is 12.3 Å². The molecular weight excluding hydrogens is 124 g/mol. The van der Waals surface area contributed by atoms with E-state index < -0.39 is 0 Å². The van der Waals surface area contributed by atoms with Gasteiger partial charge in [-0.3, -0.25) is 0 Å². The highest BCUT2D eigenvalue weighted by Crippen LogP contribution is 2.23. The van der Waals surface area contributed by atoms with Gasteiger partial charge in [0.25, 0.3) is 0 Å². The van der Waals surface area contributed by atoms with E-state index in [0.717, 1.165) is 0 Å². The van der Waals surface area contributed by atoms with Gasteiger partial charge in [-0.25, -0.2) is 0 Å². The van der Waals surface area contributed by atoms with Gasteiger partial charge in [0.2, 0.25) is 0 Å². The van der Waals surface area contributed by atoms with E-state index in [1.54, 1.807) is 0 Å². The van der Waals surface area contributed by atoms with Crippen molar-refractivity contribution in [2.45, 2.75) is 0 Å². The van der Waals surface area contributed by atoms with E-state index in [0.29, 0.717) is 0 Å². The molecule has 0 heterocycles. The summed E-state index contributed by atoms with van der Waals surface area (Å²) in [6.45, 7) is 0. The van der Waals surface area contributed by atoms with Crippen LogP contribution in [0.4, 0.5) is 0 Å². The monoisotopic (exact) mass is 136 g/mol. The summed E-state index contributed by atoms with van der Waals surface area (Å²) < 4.78 is 0. The Labute approximate surface area is 60.8 Å². The molecule has 0 aromatic heterocycles. The predicted octanol–water partition coefficient (Wildman–Crippen LogP) is 2.30. The predicted molar refractivity (Wildman–Crippen MR) is 44.5 cm³/mol. The summed E-state index contributed by atoms with van der Waals surface area (Å²) in [5, 5.41) is 0. The highest BCUT2D eigenvalue weighted by Gasteiger charge is 2.04. The molecule has 10 heavy (non-hydrogen) atoms. The first kappa shape index (κ1) is 8.88. The first-order valence-corrected chi connectivity index (χ1v) is 2.74. The van der Waals surface area contributed by atoms with Crippen LogP contribution in [-0.4, -0.2) is 0 Å². The van der Waals surface area contributed by atoms with Gasteiger partial charge in [0, 0.05) is 0 Å². The lowest BCUT2D eigenvalue weighted by Gasteiger charge is -1.85. The molecule has 2 nitrogen and oxygen atoms in total. The summed E-state index contributed by atoms with van der Waals surface area (Å²) in [6.07, 6.45) is 12.6. The maximum Gasteiger partial charge on any atom is -0.0184 e. The van der Waals surface area contributed by atoms with Gasteiger partial charge in [-0.1, -0.05) is 36.5 Å². The maximum atomic E-state index is 2.12. The summed E-state index contributed by atoms with van der Waals surface area (Å²) >= 11 is 0. The van der Waals surface area contributed by atoms with E-state index >= 15 is 0 Å². The van der Waals surface area contributed by atoms with Crippen LogP contribution < -0.4 is 12.3 Å². The fourth-order valence-corrected chi connectivity index (χ4v) is 1.01. The second-order valence-electron chi connectivity index (χ2n) is 1.96. The fraction of sp³-hybridized carbons (Fsp3) is 0. The summed E-state index contributed by atoms with van der Waals surface area (Å²) in [4.78, 5) is 0. The Hall–Kier alpha value is -1.12. The van der Waals surface area contributed by atoms with Crippen LogP contribution in [0.5, 0.6) is 0 Å². The minimum atomic E-state index is 0. The average molecular weight is 136 g/mol. The Bertz CT molecular complexity index is 206. The Morgan fingerprint density at radius 3 is 1.50 bits per heavy atom. The average Bonchev–Trinajstić information content (AvgIpc) is 2.15. The highest BCUT2D eigenvalue weighted by molar-refractivity contribution is 5.59. The third kappa shape index (κ3) is 1.07. The second kappa shape index (κ2) is 3.15. The standard InChI is InChI=1S/C8H6.2H3N/c1-3-7-5-2-6-8(7)4-1;;/h1-6H;2*1H3. The van der Waals surface area contributed by atoms with Crippen LogP contribution in [0.1, 0.15) is 0 Å². The normalized spacial score (nSPS) is 16.8. The lowest BCUT2D eigenvalue weighted by Crippen LogP contribution is -1.67. The molecule has 0 amide bonds.